The van der Waals surface area contributed by atoms with Crippen LogP contribution >= 0.6 is 0 Å². The van der Waals surface area contributed by atoms with E-state index in [0.29, 0.717) is 5.39 Å². The molecule has 0 radical (unpaired) electrons. The van der Waals surface area contributed by atoms with Crippen molar-refractivity contribution in [2.75, 3.05) is 0 Å². The van der Waals surface area contributed by atoms with E-state index in [1.165, 1.54) is 0 Å². The summed E-state index contributed by atoms with van der Waals surface area (Å²) in [4.78, 5) is 23.1. The van der Waals surface area contributed by atoms with Gasteiger partial charge in [-0.1, -0.05) is 43.2 Å². The molecule has 1 fully saturated rings. The van der Waals surface area contributed by atoms with Crippen LogP contribution in [0.2, 0.25) is 0 Å². The summed E-state index contributed by atoms with van der Waals surface area (Å²) in [6, 6.07) is 10.0. The number of aliphatic imine (C=N–C) groups is 1. The molecule has 1 aliphatic heterocycles. The van der Waals surface area contributed by atoms with Gasteiger partial charge in [0.05, 0.1) is 41.3 Å². The van der Waals surface area contributed by atoms with Gasteiger partial charge in [-0.2, -0.15) is 5.10 Å². The van der Waals surface area contributed by atoms with Crippen LogP contribution in [-0.2, 0) is 13.5 Å². The second-order valence-electron chi connectivity index (χ2n) is 9.82. The number of aliphatic hydroxyl groups is 1. The molecule has 3 atom stereocenters. The second kappa shape index (κ2) is 8.89. The van der Waals surface area contributed by atoms with Crippen LogP contribution in [0, 0.1) is 5.92 Å². The highest BCUT2D eigenvalue weighted by Crippen LogP contribution is 2.32. The van der Waals surface area contributed by atoms with Gasteiger partial charge in [0.15, 0.2) is 0 Å². The Balaban J connectivity index is 1.38. The summed E-state index contributed by atoms with van der Waals surface area (Å²) in [6.07, 6.45) is 14.4. The van der Waals surface area contributed by atoms with Crippen molar-refractivity contribution in [2.45, 2.75) is 50.7 Å². The molecule has 2 aromatic heterocycles. The second-order valence-corrected chi connectivity index (χ2v) is 9.82. The molecular weight excluding hydrogens is 438 g/mol. The van der Waals surface area contributed by atoms with Crippen molar-refractivity contribution in [3.63, 3.8) is 0 Å². The molecule has 1 N–H and O–H groups in total. The molecule has 2 aromatic carbocycles. The molecule has 35 heavy (non-hydrogen) atoms. The molecule has 2 aliphatic rings. The van der Waals surface area contributed by atoms with Gasteiger partial charge in [0.1, 0.15) is 0 Å². The first-order valence-electron chi connectivity index (χ1n) is 12.4. The Bertz CT molecular complexity index is 1530. The maximum Gasteiger partial charge on any atom is 0.261 e. The van der Waals surface area contributed by atoms with E-state index in [1.54, 1.807) is 15.6 Å². The van der Waals surface area contributed by atoms with E-state index in [9.17, 15) is 9.90 Å². The number of nitrogens with zero attached hydrogens (tertiary/aromatic N) is 5. The topological polar surface area (TPSA) is 85.3 Å². The average molecular weight is 468 g/mol. The number of rotatable bonds is 4. The number of fused-ring (bicyclic) bond motifs is 3. The Morgan fingerprint density at radius 2 is 1.94 bits per heavy atom. The lowest BCUT2D eigenvalue weighted by atomic mass is 9.90. The summed E-state index contributed by atoms with van der Waals surface area (Å²) in [6.45, 7) is 0. The highest BCUT2D eigenvalue weighted by molar-refractivity contribution is 6.06. The van der Waals surface area contributed by atoms with Crippen LogP contribution < -0.4 is 5.56 Å². The van der Waals surface area contributed by atoms with Gasteiger partial charge >= 0.3 is 0 Å². The van der Waals surface area contributed by atoms with E-state index in [4.69, 9.17) is 9.98 Å². The van der Waals surface area contributed by atoms with Gasteiger partial charge in [0.2, 0.25) is 0 Å². The predicted molar refractivity (Wildman–Crippen MR) is 139 cm³/mol. The summed E-state index contributed by atoms with van der Waals surface area (Å²) < 4.78 is 3.45. The van der Waals surface area contributed by atoms with Gasteiger partial charge in [0, 0.05) is 36.3 Å². The van der Waals surface area contributed by atoms with Crippen LogP contribution in [0.15, 0.2) is 64.9 Å². The molecule has 178 valence electrons. The largest absolute Gasteiger partial charge is 0.391 e. The first-order chi connectivity index (χ1) is 17.1. The third-order valence-electron chi connectivity index (χ3n) is 7.45. The van der Waals surface area contributed by atoms with Crippen LogP contribution in [0.1, 0.15) is 49.3 Å². The molecule has 1 saturated carbocycles. The van der Waals surface area contributed by atoms with Crippen molar-refractivity contribution in [3.8, 4) is 0 Å². The lowest BCUT2D eigenvalue weighted by Crippen LogP contribution is -2.34. The van der Waals surface area contributed by atoms with Crippen LogP contribution in [0.5, 0.6) is 0 Å². The zero-order valence-electron chi connectivity index (χ0n) is 19.8. The predicted octanol–water partition coefficient (Wildman–Crippen LogP) is 4.43. The first-order valence-corrected chi connectivity index (χ1v) is 12.4. The molecule has 0 saturated heterocycles. The van der Waals surface area contributed by atoms with Gasteiger partial charge in [-0.05, 0) is 42.7 Å². The van der Waals surface area contributed by atoms with Crippen molar-refractivity contribution < 1.29 is 5.11 Å². The zero-order chi connectivity index (χ0) is 23.9. The average Bonchev–Trinajstić information content (AvgIpc) is 3.32. The van der Waals surface area contributed by atoms with Crippen molar-refractivity contribution in [2.24, 2.45) is 18.0 Å². The molecule has 6 rings (SSSR count). The van der Waals surface area contributed by atoms with Gasteiger partial charge < -0.3 is 5.11 Å². The number of aromatic nitrogens is 4. The molecular formula is C28H29N5O2. The monoisotopic (exact) mass is 467 g/mol. The van der Waals surface area contributed by atoms with Gasteiger partial charge in [-0.25, -0.2) is 4.98 Å². The highest BCUT2D eigenvalue weighted by Gasteiger charge is 2.26. The third-order valence-corrected chi connectivity index (χ3v) is 7.45. The molecule has 0 spiro atoms. The quantitative estimate of drug-likeness (QED) is 0.450. The molecule has 4 aromatic rings. The van der Waals surface area contributed by atoms with Crippen LogP contribution in [0.4, 0.5) is 0 Å². The number of hydrogen-bond acceptors (Lipinski definition) is 5. The van der Waals surface area contributed by atoms with E-state index >= 15 is 0 Å². The number of aliphatic hydroxyl groups excluding tert-OH is 1. The first kappa shape index (κ1) is 21.9. The SMILES string of the molecule is Cn1cc(C2=CCC(Cc3cc4c(=O)n([C@H]5CCCC[C@@H]5O)cnc4c4ccccc34)C=N2)cn1. The van der Waals surface area contributed by atoms with Crippen LogP contribution in [-0.4, -0.2) is 36.8 Å². The van der Waals surface area contributed by atoms with Crippen LogP contribution in [0.25, 0.3) is 27.4 Å². The fourth-order valence-corrected chi connectivity index (χ4v) is 5.60. The summed E-state index contributed by atoms with van der Waals surface area (Å²) in [5.41, 5.74) is 3.77. The van der Waals surface area contributed by atoms with Crippen molar-refractivity contribution >= 4 is 33.6 Å². The molecule has 1 unspecified atom stereocenters. The molecule has 7 heteroatoms. The minimum absolute atomic E-state index is 0.0657. The number of allylic oxidation sites excluding steroid dienone is 1. The Morgan fingerprint density at radius 1 is 1.11 bits per heavy atom. The van der Waals surface area contributed by atoms with Gasteiger partial charge in [0.25, 0.3) is 5.56 Å². The normalized spacial score (nSPS) is 22.6. The molecule has 7 nitrogen and oxygen atoms in total. The van der Waals surface area contributed by atoms with E-state index in [1.807, 2.05) is 49.9 Å². The fraction of sp³-hybridized carbons (Fsp3) is 0.357. The van der Waals surface area contributed by atoms with E-state index in [2.05, 4.69) is 17.2 Å². The van der Waals surface area contributed by atoms with Crippen molar-refractivity contribution in [1.82, 2.24) is 19.3 Å². The minimum Gasteiger partial charge on any atom is -0.391 e. The minimum atomic E-state index is -0.500. The van der Waals surface area contributed by atoms with Gasteiger partial charge in [-0.3, -0.25) is 19.0 Å². The molecule has 3 heterocycles. The standard InChI is InChI=1S/C28H29N5O2/c1-32-16-20(15-31-32)24-11-10-18(14-29-24)12-19-13-23-27(22-7-3-2-6-21(19)22)30-17-33(28(23)35)25-8-4-5-9-26(25)34/h2-3,6-7,11,13-18,25-26,34H,4-5,8-10,12H2,1H3/t18?,25-,26-/m0/s1. The van der Waals surface area contributed by atoms with Crippen molar-refractivity contribution in [1.29, 1.82) is 0 Å². The fourth-order valence-electron chi connectivity index (χ4n) is 5.60. The Kier molecular flexibility index (Phi) is 5.57. The number of hydrogen-bond donors (Lipinski definition) is 1. The smallest absolute Gasteiger partial charge is 0.261 e. The Hall–Kier alpha value is -3.58. The molecule has 1 aliphatic carbocycles. The number of aryl methyl sites for hydroxylation is 1. The maximum absolute atomic E-state index is 13.6. The maximum atomic E-state index is 13.6. The molecule has 0 amide bonds. The van der Waals surface area contributed by atoms with Crippen LogP contribution in [0.3, 0.4) is 0 Å². The van der Waals surface area contributed by atoms with Gasteiger partial charge in [-0.15, -0.1) is 0 Å². The summed E-state index contributed by atoms with van der Waals surface area (Å²) in [5.74, 6) is 0.246. The third kappa shape index (κ3) is 4.00. The molecule has 0 bridgehead atoms. The highest BCUT2D eigenvalue weighted by atomic mass is 16.3. The lowest BCUT2D eigenvalue weighted by Gasteiger charge is -2.29. The van der Waals surface area contributed by atoms with Crippen molar-refractivity contribution in [3.05, 3.63) is 76.6 Å². The summed E-state index contributed by atoms with van der Waals surface area (Å²) in [5, 5.41) is 17.5. The summed E-state index contributed by atoms with van der Waals surface area (Å²) >= 11 is 0. The van der Waals surface area contributed by atoms with E-state index in [0.717, 1.165) is 71.6 Å². The Labute approximate surface area is 203 Å². The lowest BCUT2D eigenvalue weighted by molar-refractivity contribution is 0.0735. The van der Waals surface area contributed by atoms with E-state index < -0.39 is 6.10 Å². The number of benzene rings is 2. The summed E-state index contributed by atoms with van der Waals surface area (Å²) in [7, 11) is 1.90. The van der Waals surface area contributed by atoms with E-state index in [-0.39, 0.29) is 17.5 Å². The Morgan fingerprint density at radius 3 is 2.69 bits per heavy atom. The zero-order valence-corrected chi connectivity index (χ0v) is 19.8.